The van der Waals surface area contributed by atoms with Gasteiger partial charge in [-0.05, 0) is 44.0 Å². The van der Waals surface area contributed by atoms with E-state index in [-0.39, 0.29) is 11.9 Å². The fourth-order valence-corrected chi connectivity index (χ4v) is 2.26. The number of amides is 1. The van der Waals surface area contributed by atoms with E-state index in [9.17, 15) is 4.79 Å². The number of hydrogen-bond donors (Lipinski definition) is 2. The Morgan fingerprint density at radius 1 is 1.25 bits per heavy atom. The Morgan fingerprint density at radius 3 is 2.60 bits per heavy atom. The minimum atomic E-state index is -0.141. The number of carbonyl (C=O) groups is 1. The minimum absolute atomic E-state index is 0.0570. The molecule has 0 aliphatic carbocycles. The monoisotopic (exact) mass is 269 g/mol. The normalized spacial score (nSPS) is 11.9. The van der Waals surface area contributed by atoms with E-state index < -0.39 is 0 Å². The fraction of sp³-hybridized carbons (Fsp3) is 0.250. The van der Waals surface area contributed by atoms with Crippen LogP contribution in [-0.2, 0) is 0 Å². The molecule has 20 heavy (non-hydrogen) atoms. The lowest BCUT2D eigenvalue weighted by molar-refractivity contribution is 0.0939. The van der Waals surface area contributed by atoms with Crippen molar-refractivity contribution in [2.24, 2.45) is 0 Å². The Labute approximate surface area is 119 Å². The van der Waals surface area contributed by atoms with Crippen LogP contribution in [-0.4, -0.2) is 10.9 Å². The van der Waals surface area contributed by atoms with Crippen LogP contribution in [0.4, 0.5) is 5.82 Å². The highest BCUT2D eigenvalue weighted by Gasteiger charge is 2.13. The molecule has 1 aromatic heterocycles. The second-order valence-electron chi connectivity index (χ2n) is 4.97. The summed E-state index contributed by atoms with van der Waals surface area (Å²) in [6.45, 7) is 5.82. The van der Waals surface area contributed by atoms with Crippen LogP contribution in [0.25, 0.3) is 0 Å². The molecule has 2 rings (SSSR count). The molecule has 1 heterocycles. The van der Waals surface area contributed by atoms with E-state index in [1.54, 1.807) is 12.1 Å². The molecule has 4 nitrogen and oxygen atoms in total. The third kappa shape index (κ3) is 3.15. The lowest BCUT2D eigenvalue weighted by Crippen LogP contribution is -2.27. The first-order valence-corrected chi connectivity index (χ1v) is 6.58. The summed E-state index contributed by atoms with van der Waals surface area (Å²) in [7, 11) is 0. The standard InChI is InChI=1S/C16H19N3O/c1-10-6-4-5-7-14(10)12(3)19-16(20)13-8-11(2)18-15(17)9-13/h4-9,12H,1-3H3,(H2,17,18)(H,19,20). The van der Waals surface area contributed by atoms with Crippen LogP contribution in [0.15, 0.2) is 36.4 Å². The van der Waals surface area contributed by atoms with Gasteiger partial charge in [-0.15, -0.1) is 0 Å². The van der Waals surface area contributed by atoms with Gasteiger partial charge >= 0.3 is 0 Å². The number of benzene rings is 1. The van der Waals surface area contributed by atoms with Crippen LogP contribution >= 0.6 is 0 Å². The number of nitrogen functional groups attached to an aromatic ring is 1. The highest BCUT2D eigenvalue weighted by molar-refractivity contribution is 5.95. The van der Waals surface area contributed by atoms with E-state index in [0.717, 1.165) is 16.8 Å². The molecular formula is C16H19N3O. The molecule has 1 amide bonds. The van der Waals surface area contributed by atoms with Crippen molar-refractivity contribution in [2.75, 3.05) is 5.73 Å². The molecule has 2 aromatic rings. The van der Waals surface area contributed by atoms with E-state index in [1.807, 2.05) is 45.0 Å². The van der Waals surface area contributed by atoms with Gasteiger partial charge in [0, 0.05) is 11.3 Å². The summed E-state index contributed by atoms with van der Waals surface area (Å²) in [5, 5.41) is 2.99. The number of anilines is 1. The van der Waals surface area contributed by atoms with Gasteiger partial charge in [-0.3, -0.25) is 4.79 Å². The van der Waals surface area contributed by atoms with Crippen molar-refractivity contribution in [3.05, 3.63) is 58.8 Å². The van der Waals surface area contributed by atoms with Crippen LogP contribution < -0.4 is 11.1 Å². The summed E-state index contributed by atoms with van der Waals surface area (Å²) in [6.07, 6.45) is 0. The zero-order valence-corrected chi connectivity index (χ0v) is 12.0. The van der Waals surface area contributed by atoms with Crippen molar-refractivity contribution < 1.29 is 4.79 Å². The molecule has 0 spiro atoms. The molecule has 0 saturated carbocycles. The number of hydrogen-bond acceptors (Lipinski definition) is 3. The predicted molar refractivity (Wildman–Crippen MR) is 80.4 cm³/mol. The van der Waals surface area contributed by atoms with Crippen molar-refractivity contribution in [2.45, 2.75) is 26.8 Å². The minimum Gasteiger partial charge on any atom is -0.384 e. The zero-order chi connectivity index (χ0) is 14.7. The van der Waals surface area contributed by atoms with Gasteiger partial charge in [-0.2, -0.15) is 0 Å². The smallest absolute Gasteiger partial charge is 0.251 e. The average molecular weight is 269 g/mol. The summed E-state index contributed by atoms with van der Waals surface area (Å²) in [6, 6.07) is 11.3. The molecule has 0 saturated heterocycles. The van der Waals surface area contributed by atoms with Crippen LogP contribution in [0.2, 0.25) is 0 Å². The van der Waals surface area contributed by atoms with Crippen molar-refractivity contribution in [3.8, 4) is 0 Å². The lowest BCUT2D eigenvalue weighted by Gasteiger charge is -2.16. The molecule has 104 valence electrons. The van der Waals surface area contributed by atoms with Crippen molar-refractivity contribution >= 4 is 11.7 Å². The highest BCUT2D eigenvalue weighted by atomic mass is 16.1. The Bertz CT molecular complexity index is 617. The van der Waals surface area contributed by atoms with E-state index >= 15 is 0 Å². The van der Waals surface area contributed by atoms with Gasteiger partial charge in [0.25, 0.3) is 5.91 Å². The molecule has 1 aromatic carbocycles. The maximum Gasteiger partial charge on any atom is 0.251 e. The van der Waals surface area contributed by atoms with Crippen LogP contribution in [0.5, 0.6) is 0 Å². The van der Waals surface area contributed by atoms with Gasteiger partial charge in [-0.1, -0.05) is 24.3 Å². The van der Waals surface area contributed by atoms with Crippen LogP contribution in [0, 0.1) is 13.8 Å². The van der Waals surface area contributed by atoms with Gasteiger partial charge in [0.05, 0.1) is 6.04 Å². The number of pyridine rings is 1. The Kier molecular flexibility index (Phi) is 4.03. The van der Waals surface area contributed by atoms with Gasteiger partial charge in [0.15, 0.2) is 0 Å². The zero-order valence-electron chi connectivity index (χ0n) is 12.0. The molecule has 1 atom stereocenters. The maximum absolute atomic E-state index is 12.2. The van der Waals surface area contributed by atoms with E-state index in [0.29, 0.717) is 11.4 Å². The van der Waals surface area contributed by atoms with E-state index in [2.05, 4.69) is 10.3 Å². The number of aryl methyl sites for hydroxylation is 2. The number of nitrogens with one attached hydrogen (secondary N) is 1. The molecule has 1 unspecified atom stereocenters. The van der Waals surface area contributed by atoms with Crippen molar-refractivity contribution in [1.29, 1.82) is 0 Å². The first kappa shape index (κ1) is 14.1. The third-order valence-electron chi connectivity index (χ3n) is 3.24. The predicted octanol–water partition coefficient (Wildman–Crippen LogP) is 2.77. The molecule has 0 bridgehead atoms. The molecule has 0 aliphatic rings. The SMILES string of the molecule is Cc1cc(C(=O)NC(C)c2ccccc2C)cc(N)n1. The third-order valence-corrected chi connectivity index (χ3v) is 3.24. The van der Waals surface area contributed by atoms with Crippen LogP contribution in [0.1, 0.15) is 40.1 Å². The second-order valence-corrected chi connectivity index (χ2v) is 4.97. The largest absolute Gasteiger partial charge is 0.384 e. The summed E-state index contributed by atoms with van der Waals surface area (Å²) in [5.41, 5.74) is 9.21. The number of aromatic nitrogens is 1. The molecule has 4 heteroatoms. The highest BCUT2D eigenvalue weighted by Crippen LogP contribution is 2.17. The van der Waals surface area contributed by atoms with Crippen LogP contribution in [0.3, 0.4) is 0 Å². The van der Waals surface area contributed by atoms with E-state index in [4.69, 9.17) is 5.73 Å². The average Bonchev–Trinajstić information content (AvgIpc) is 2.37. The van der Waals surface area contributed by atoms with Gasteiger partial charge in [0.1, 0.15) is 5.82 Å². The van der Waals surface area contributed by atoms with Gasteiger partial charge in [0.2, 0.25) is 0 Å². The summed E-state index contributed by atoms with van der Waals surface area (Å²) < 4.78 is 0. The number of rotatable bonds is 3. The second kappa shape index (κ2) is 5.74. The summed E-state index contributed by atoms with van der Waals surface area (Å²) >= 11 is 0. The number of nitrogens with two attached hydrogens (primary N) is 1. The summed E-state index contributed by atoms with van der Waals surface area (Å²) in [4.78, 5) is 16.3. The molecule has 3 N–H and O–H groups in total. The number of carbonyl (C=O) groups excluding carboxylic acids is 1. The Morgan fingerprint density at radius 2 is 1.95 bits per heavy atom. The fourth-order valence-electron chi connectivity index (χ4n) is 2.26. The first-order chi connectivity index (χ1) is 9.47. The Balaban J connectivity index is 2.17. The molecule has 0 fully saturated rings. The van der Waals surface area contributed by atoms with Crippen molar-refractivity contribution in [1.82, 2.24) is 10.3 Å². The molecule has 0 aliphatic heterocycles. The molecule has 0 radical (unpaired) electrons. The quantitative estimate of drug-likeness (QED) is 0.900. The number of nitrogens with zero attached hydrogens (tertiary/aromatic N) is 1. The first-order valence-electron chi connectivity index (χ1n) is 6.58. The lowest BCUT2D eigenvalue weighted by atomic mass is 10.0. The van der Waals surface area contributed by atoms with E-state index in [1.165, 1.54) is 0 Å². The van der Waals surface area contributed by atoms with Gasteiger partial charge < -0.3 is 11.1 Å². The Hall–Kier alpha value is -2.36. The van der Waals surface area contributed by atoms with Crippen molar-refractivity contribution in [3.63, 3.8) is 0 Å². The maximum atomic E-state index is 12.2. The van der Waals surface area contributed by atoms with Gasteiger partial charge in [-0.25, -0.2) is 4.98 Å². The summed E-state index contributed by atoms with van der Waals surface area (Å²) in [5.74, 6) is 0.219. The topological polar surface area (TPSA) is 68.0 Å². The molecular weight excluding hydrogens is 250 g/mol.